The summed E-state index contributed by atoms with van der Waals surface area (Å²) < 4.78 is 10.8. The summed E-state index contributed by atoms with van der Waals surface area (Å²) in [6.07, 6.45) is 1.95. The van der Waals surface area contributed by atoms with Crippen LogP contribution < -0.4 is 9.47 Å². The Morgan fingerprint density at radius 2 is 1.89 bits per heavy atom. The standard InChI is InChI=1S/C14H16N2O2S/c1-10-8-13(16-14(15-10)19-3)18-9-11-4-6-12(17-2)7-5-11/h4-8H,9H2,1-3H3. The molecule has 2 aromatic rings. The van der Waals surface area contributed by atoms with Crippen LogP contribution in [-0.2, 0) is 6.61 Å². The van der Waals surface area contributed by atoms with Gasteiger partial charge in [0.15, 0.2) is 5.16 Å². The molecule has 0 N–H and O–H groups in total. The third-order valence-electron chi connectivity index (χ3n) is 2.54. The number of aromatic nitrogens is 2. The Bertz CT molecular complexity index is 544. The average Bonchev–Trinajstić information content (AvgIpc) is 2.45. The first-order chi connectivity index (χ1) is 9.21. The van der Waals surface area contributed by atoms with Crippen molar-refractivity contribution in [1.82, 2.24) is 9.97 Å². The number of benzene rings is 1. The summed E-state index contributed by atoms with van der Waals surface area (Å²) in [5.41, 5.74) is 1.98. The molecule has 0 aliphatic rings. The van der Waals surface area contributed by atoms with E-state index in [1.165, 1.54) is 11.8 Å². The van der Waals surface area contributed by atoms with Gasteiger partial charge in [-0.3, -0.25) is 0 Å². The zero-order valence-electron chi connectivity index (χ0n) is 11.2. The predicted octanol–water partition coefficient (Wildman–Crippen LogP) is 3.09. The SMILES string of the molecule is COc1ccc(COc2cc(C)nc(SC)n2)cc1. The van der Waals surface area contributed by atoms with Crippen LogP contribution in [0.3, 0.4) is 0 Å². The smallest absolute Gasteiger partial charge is 0.217 e. The van der Waals surface area contributed by atoms with Crippen LogP contribution >= 0.6 is 11.8 Å². The van der Waals surface area contributed by atoms with Crippen molar-refractivity contribution in [3.05, 3.63) is 41.6 Å². The van der Waals surface area contributed by atoms with Crippen molar-refractivity contribution in [2.45, 2.75) is 18.7 Å². The molecule has 1 aromatic carbocycles. The molecule has 0 fully saturated rings. The van der Waals surface area contributed by atoms with Gasteiger partial charge in [0.05, 0.1) is 7.11 Å². The first-order valence-corrected chi connectivity index (χ1v) is 7.09. The molecule has 100 valence electrons. The fourth-order valence-corrected chi connectivity index (χ4v) is 1.97. The molecule has 0 saturated carbocycles. The van der Waals surface area contributed by atoms with Crippen LogP contribution in [0.15, 0.2) is 35.5 Å². The zero-order valence-corrected chi connectivity index (χ0v) is 12.0. The van der Waals surface area contributed by atoms with Crippen LogP contribution in [0.25, 0.3) is 0 Å². The van der Waals surface area contributed by atoms with Gasteiger partial charge >= 0.3 is 0 Å². The van der Waals surface area contributed by atoms with Crippen LogP contribution in [0.5, 0.6) is 11.6 Å². The first-order valence-electron chi connectivity index (χ1n) is 5.86. The van der Waals surface area contributed by atoms with Crippen molar-refractivity contribution in [3.8, 4) is 11.6 Å². The number of rotatable bonds is 5. The Morgan fingerprint density at radius 3 is 2.53 bits per heavy atom. The van der Waals surface area contributed by atoms with Crippen LogP contribution in [0.4, 0.5) is 0 Å². The maximum Gasteiger partial charge on any atom is 0.217 e. The Balaban J connectivity index is 2.03. The van der Waals surface area contributed by atoms with Crippen LogP contribution in [0, 0.1) is 6.92 Å². The van der Waals surface area contributed by atoms with Gasteiger partial charge in [-0.25, -0.2) is 4.98 Å². The number of thioether (sulfide) groups is 1. The highest BCUT2D eigenvalue weighted by Gasteiger charge is 2.03. The van der Waals surface area contributed by atoms with E-state index in [4.69, 9.17) is 9.47 Å². The molecule has 5 heteroatoms. The van der Waals surface area contributed by atoms with Gasteiger partial charge in [-0.15, -0.1) is 0 Å². The largest absolute Gasteiger partial charge is 0.497 e. The molecule has 0 bridgehead atoms. The normalized spacial score (nSPS) is 10.3. The van der Waals surface area contributed by atoms with Gasteiger partial charge < -0.3 is 9.47 Å². The van der Waals surface area contributed by atoms with Crippen LogP contribution in [0.1, 0.15) is 11.3 Å². The minimum absolute atomic E-state index is 0.480. The van der Waals surface area contributed by atoms with E-state index in [0.717, 1.165) is 22.2 Å². The summed E-state index contributed by atoms with van der Waals surface area (Å²) in [6.45, 7) is 2.41. The molecule has 1 aromatic heterocycles. The third kappa shape index (κ3) is 3.86. The van der Waals surface area contributed by atoms with Gasteiger partial charge in [0.1, 0.15) is 12.4 Å². The van der Waals surface area contributed by atoms with Crippen LogP contribution in [0.2, 0.25) is 0 Å². The molecule has 1 heterocycles. The number of ether oxygens (including phenoxy) is 2. The summed E-state index contributed by atoms with van der Waals surface area (Å²) in [5.74, 6) is 1.44. The van der Waals surface area contributed by atoms with Gasteiger partial charge in [0.25, 0.3) is 0 Å². The molecule has 0 saturated heterocycles. The van der Waals surface area contributed by atoms with Crippen molar-refractivity contribution in [3.63, 3.8) is 0 Å². The van der Waals surface area contributed by atoms with E-state index in [0.29, 0.717) is 12.5 Å². The topological polar surface area (TPSA) is 44.2 Å². The molecule has 0 aliphatic heterocycles. The molecule has 4 nitrogen and oxygen atoms in total. The molecule has 2 rings (SSSR count). The second-order valence-electron chi connectivity index (χ2n) is 3.97. The quantitative estimate of drug-likeness (QED) is 0.620. The van der Waals surface area contributed by atoms with Gasteiger partial charge in [-0.2, -0.15) is 4.98 Å². The zero-order chi connectivity index (χ0) is 13.7. The van der Waals surface area contributed by atoms with E-state index in [1.54, 1.807) is 7.11 Å². The number of hydrogen-bond donors (Lipinski definition) is 0. The van der Waals surface area contributed by atoms with Crippen molar-refractivity contribution >= 4 is 11.8 Å². The fraction of sp³-hybridized carbons (Fsp3) is 0.286. The highest BCUT2D eigenvalue weighted by atomic mass is 32.2. The van der Waals surface area contributed by atoms with Crippen LogP contribution in [-0.4, -0.2) is 23.3 Å². The van der Waals surface area contributed by atoms with E-state index in [9.17, 15) is 0 Å². The summed E-state index contributed by atoms with van der Waals surface area (Å²) in [4.78, 5) is 8.59. The lowest BCUT2D eigenvalue weighted by molar-refractivity contribution is 0.290. The fourth-order valence-electron chi connectivity index (χ4n) is 1.56. The lowest BCUT2D eigenvalue weighted by atomic mass is 10.2. The van der Waals surface area contributed by atoms with E-state index in [2.05, 4.69) is 9.97 Å². The summed E-state index contributed by atoms with van der Waals surface area (Å²) >= 11 is 1.50. The first kappa shape index (κ1) is 13.7. The lowest BCUT2D eigenvalue weighted by Gasteiger charge is -2.07. The van der Waals surface area contributed by atoms with E-state index < -0.39 is 0 Å². The summed E-state index contributed by atoms with van der Waals surface area (Å²) in [5, 5.41) is 0.727. The monoisotopic (exact) mass is 276 g/mol. The maximum atomic E-state index is 5.68. The number of nitrogens with zero attached hydrogens (tertiary/aromatic N) is 2. The highest BCUT2D eigenvalue weighted by Crippen LogP contribution is 2.17. The van der Waals surface area contributed by atoms with Gasteiger partial charge in [0, 0.05) is 11.8 Å². The minimum Gasteiger partial charge on any atom is -0.497 e. The molecule has 0 amide bonds. The summed E-state index contributed by atoms with van der Waals surface area (Å²) in [7, 11) is 1.65. The van der Waals surface area contributed by atoms with E-state index >= 15 is 0 Å². The molecule has 0 atom stereocenters. The number of aryl methyl sites for hydroxylation is 1. The second-order valence-corrected chi connectivity index (χ2v) is 4.74. The Labute approximate surface area is 117 Å². The Morgan fingerprint density at radius 1 is 1.16 bits per heavy atom. The van der Waals surface area contributed by atoms with Crippen molar-refractivity contribution in [2.75, 3.05) is 13.4 Å². The maximum absolute atomic E-state index is 5.68. The van der Waals surface area contributed by atoms with E-state index in [-0.39, 0.29) is 0 Å². The van der Waals surface area contributed by atoms with Gasteiger partial charge in [-0.1, -0.05) is 23.9 Å². The predicted molar refractivity (Wildman–Crippen MR) is 75.9 cm³/mol. The molecule has 19 heavy (non-hydrogen) atoms. The minimum atomic E-state index is 0.480. The molecule has 0 aliphatic carbocycles. The molecular weight excluding hydrogens is 260 g/mol. The molecule has 0 spiro atoms. The van der Waals surface area contributed by atoms with Crippen molar-refractivity contribution in [2.24, 2.45) is 0 Å². The number of methoxy groups -OCH3 is 1. The Hall–Kier alpha value is -1.75. The lowest BCUT2D eigenvalue weighted by Crippen LogP contribution is -2.00. The second kappa shape index (κ2) is 6.43. The molecule has 0 radical (unpaired) electrons. The van der Waals surface area contributed by atoms with Crippen molar-refractivity contribution < 1.29 is 9.47 Å². The molecular formula is C14H16N2O2S. The molecule has 0 unspecified atom stereocenters. The Kier molecular flexibility index (Phi) is 4.63. The van der Waals surface area contributed by atoms with Crippen molar-refractivity contribution in [1.29, 1.82) is 0 Å². The van der Waals surface area contributed by atoms with Gasteiger partial charge in [-0.05, 0) is 30.9 Å². The van der Waals surface area contributed by atoms with Gasteiger partial charge in [0.2, 0.25) is 5.88 Å². The highest BCUT2D eigenvalue weighted by molar-refractivity contribution is 7.98. The average molecular weight is 276 g/mol. The van der Waals surface area contributed by atoms with E-state index in [1.807, 2.05) is 43.5 Å². The summed E-state index contributed by atoms with van der Waals surface area (Å²) in [6, 6.07) is 9.61. The number of hydrogen-bond acceptors (Lipinski definition) is 5. The third-order valence-corrected chi connectivity index (χ3v) is 3.09.